The third-order valence-electron chi connectivity index (χ3n) is 14.6. The third-order valence-corrected chi connectivity index (χ3v) is 14.9. The molecule has 13 N–H and O–H groups in total. The largest absolute Gasteiger partial charge is 0.481 e. The third kappa shape index (κ3) is 18.7. The molecule has 3 heterocycles. The molecule has 438 valence electrons. The number of fused-ring (bicyclic) bond motifs is 1. The topological polar surface area (TPSA) is 364 Å². The molecule has 1 aromatic heterocycles. The molecule has 0 spiro atoms. The van der Waals surface area contributed by atoms with Crippen LogP contribution in [0.15, 0.2) is 40.4 Å². The first-order valence-electron chi connectivity index (χ1n) is 27.3. The van der Waals surface area contributed by atoms with Gasteiger partial charge in [-0.25, -0.2) is 0 Å². The molecule has 2 aromatic rings. The Hall–Kier alpha value is -6.72. The number of aromatic nitrogens is 1. The van der Waals surface area contributed by atoms with Crippen LogP contribution in [0.5, 0.6) is 0 Å². The summed E-state index contributed by atoms with van der Waals surface area (Å²) < 4.78 is -1.00. The van der Waals surface area contributed by atoms with Crippen molar-refractivity contribution in [3.8, 4) is 0 Å². The van der Waals surface area contributed by atoms with Gasteiger partial charge in [0, 0.05) is 80.8 Å². The van der Waals surface area contributed by atoms with Crippen molar-refractivity contribution in [3.05, 3.63) is 36.0 Å². The maximum absolute atomic E-state index is 15.1. The molecule has 8 atom stereocenters. The Morgan fingerprint density at radius 2 is 1.38 bits per heavy atom. The second-order valence-corrected chi connectivity index (χ2v) is 24.3. The van der Waals surface area contributed by atoms with Crippen LogP contribution in [0, 0.1) is 23.2 Å². The van der Waals surface area contributed by atoms with Crippen LogP contribution in [0.1, 0.15) is 132 Å². The zero-order valence-electron chi connectivity index (χ0n) is 47.5. The van der Waals surface area contributed by atoms with Gasteiger partial charge in [0.25, 0.3) is 0 Å². The number of carboxylic acid groups (broad SMARTS) is 1. The normalized spacial score (nSPS) is 17.9. The summed E-state index contributed by atoms with van der Waals surface area (Å²) >= 11 is 4.57. The molecule has 2 aliphatic rings. The SMILES string of the molecule is CC(=O)N[C@H](C(=O)N1CCC[C@H]1C(=O)N[C@@H](CCCN=C(N)N)C(=O)N(C)[C@@H](CCCN=C(N)N)C(=O)N1CCC[C@H]1C(=O)C[C@@H](Cc1c[nH]c2ccccc12)C(=O)N[C@H](C(=O)C[C@@H](CC(C)C)C(=O)O)C(C)(C)C)C(C)(C)S. The number of likely N-dealkylation sites (tertiary alicyclic amines) is 2. The summed E-state index contributed by atoms with van der Waals surface area (Å²) in [6.45, 7) is 14.2. The van der Waals surface area contributed by atoms with Crippen molar-refractivity contribution in [1.82, 2.24) is 35.6 Å². The van der Waals surface area contributed by atoms with Gasteiger partial charge in [-0.1, -0.05) is 52.8 Å². The van der Waals surface area contributed by atoms with Gasteiger partial charge in [-0.3, -0.25) is 53.1 Å². The summed E-state index contributed by atoms with van der Waals surface area (Å²) in [5, 5.41) is 19.3. The predicted molar refractivity (Wildman–Crippen MR) is 305 cm³/mol. The first-order chi connectivity index (χ1) is 36.9. The van der Waals surface area contributed by atoms with E-state index in [0.29, 0.717) is 12.8 Å². The average Bonchev–Trinajstić information content (AvgIpc) is 4.19. The Morgan fingerprint density at radius 1 is 0.797 bits per heavy atom. The molecule has 24 heteroatoms. The highest BCUT2D eigenvalue weighted by Crippen LogP contribution is 2.31. The Labute approximate surface area is 469 Å². The molecule has 0 saturated carbocycles. The van der Waals surface area contributed by atoms with E-state index >= 15 is 4.79 Å². The van der Waals surface area contributed by atoms with E-state index in [9.17, 15) is 43.5 Å². The van der Waals surface area contributed by atoms with Crippen molar-refractivity contribution in [1.29, 1.82) is 0 Å². The molecule has 2 fully saturated rings. The summed E-state index contributed by atoms with van der Waals surface area (Å²) in [7, 11) is 1.43. The van der Waals surface area contributed by atoms with E-state index in [2.05, 4.69) is 43.5 Å². The molecular formula is C55H87N13O10S. The Bertz CT molecular complexity index is 2560. The van der Waals surface area contributed by atoms with Crippen LogP contribution in [0.2, 0.25) is 0 Å². The van der Waals surface area contributed by atoms with Crippen LogP contribution in [-0.2, 0) is 49.6 Å². The van der Waals surface area contributed by atoms with Gasteiger partial charge in [-0.05, 0) is 101 Å². The van der Waals surface area contributed by atoms with Gasteiger partial charge >= 0.3 is 5.97 Å². The maximum Gasteiger partial charge on any atom is 0.306 e. The summed E-state index contributed by atoms with van der Waals surface area (Å²) in [6, 6.07) is 0.847. The maximum atomic E-state index is 15.1. The number of thiol groups is 1. The van der Waals surface area contributed by atoms with E-state index in [1.54, 1.807) is 40.8 Å². The van der Waals surface area contributed by atoms with Crippen molar-refractivity contribution in [2.24, 2.45) is 56.1 Å². The minimum atomic E-state index is -1.25. The number of Topliss-reactive ketones (excluding diaryl/α,β-unsaturated/α-hetero) is 2. The lowest BCUT2D eigenvalue weighted by atomic mass is 9.80. The van der Waals surface area contributed by atoms with E-state index in [1.165, 1.54) is 28.7 Å². The molecule has 0 aliphatic carbocycles. The van der Waals surface area contributed by atoms with E-state index in [4.69, 9.17) is 22.9 Å². The van der Waals surface area contributed by atoms with Crippen molar-refractivity contribution in [2.75, 3.05) is 33.2 Å². The number of amides is 6. The highest BCUT2D eigenvalue weighted by atomic mass is 32.1. The van der Waals surface area contributed by atoms with Gasteiger partial charge in [0.05, 0.1) is 18.0 Å². The molecule has 23 nitrogen and oxygen atoms in total. The number of guanidine groups is 2. The highest BCUT2D eigenvalue weighted by molar-refractivity contribution is 7.81. The lowest BCUT2D eigenvalue weighted by Gasteiger charge is -2.36. The van der Waals surface area contributed by atoms with Crippen LogP contribution >= 0.6 is 12.6 Å². The zero-order valence-corrected chi connectivity index (χ0v) is 48.4. The number of hydrogen-bond donors (Lipinski definition) is 10. The molecule has 6 amide bonds. The number of carboxylic acids is 1. The number of nitrogens with two attached hydrogens (primary N) is 4. The molecule has 0 bridgehead atoms. The van der Waals surface area contributed by atoms with E-state index in [1.807, 2.05) is 38.1 Å². The average molecular weight is 1120 g/mol. The molecule has 0 radical (unpaired) electrons. The van der Waals surface area contributed by atoms with Gasteiger partial charge in [0.1, 0.15) is 24.2 Å². The van der Waals surface area contributed by atoms with E-state index in [0.717, 1.165) is 16.5 Å². The van der Waals surface area contributed by atoms with Gasteiger partial charge in [-0.2, -0.15) is 12.6 Å². The molecule has 1 aromatic carbocycles. The summed E-state index contributed by atoms with van der Waals surface area (Å²) in [6.07, 6.45) is 3.39. The number of aliphatic imine (C=N–C) groups is 2. The number of para-hydroxylation sites is 1. The summed E-state index contributed by atoms with van der Waals surface area (Å²) in [5.74, 6) is -7.71. The van der Waals surface area contributed by atoms with Crippen molar-refractivity contribution >= 4 is 88.4 Å². The Morgan fingerprint density at radius 3 is 1.94 bits per heavy atom. The van der Waals surface area contributed by atoms with Crippen molar-refractivity contribution in [3.63, 3.8) is 0 Å². The number of aromatic amines is 1. The predicted octanol–water partition coefficient (Wildman–Crippen LogP) is 2.14. The number of carbonyl (C=O) groups is 9. The number of ketones is 2. The molecule has 4 rings (SSSR count). The second-order valence-electron chi connectivity index (χ2n) is 23.2. The lowest BCUT2D eigenvalue weighted by Crippen LogP contribution is -2.60. The van der Waals surface area contributed by atoms with E-state index in [-0.39, 0.29) is 108 Å². The van der Waals surface area contributed by atoms with Gasteiger partial charge in [0.2, 0.25) is 35.4 Å². The minimum Gasteiger partial charge on any atom is -0.481 e. The first-order valence-corrected chi connectivity index (χ1v) is 27.8. The van der Waals surface area contributed by atoms with Crippen LogP contribution in [0.4, 0.5) is 0 Å². The standard InChI is InChI=1S/C55H87N13O10S/c1-31(2)26-34(51(77)78)29-43(71)44(54(4,5)6)65-46(72)33(27-35-30-62-37-17-11-10-16-36(35)37)28-42(70)39-20-14-24-67(39)49(75)41(19-13-23-61-53(58)59)66(9)48(74)38(18-12-22-60-52(56)57)64-47(73)40-21-15-25-68(40)50(76)45(55(7,8)79)63-32(3)69/h10-11,16-17,30-31,33-34,38-41,44-45,62,79H,12-15,18-29H2,1-9H3,(H,63,69)(H,64,73)(H,65,72)(H,77,78)(H4,56,57,60)(H4,58,59,61)/t33-,34-,38+,39+,40+,41+,44-,45-/m1/s1. The van der Waals surface area contributed by atoms with Crippen LogP contribution in [-0.4, -0.2) is 164 Å². The number of hydrogen-bond acceptors (Lipinski definition) is 12. The van der Waals surface area contributed by atoms with Gasteiger partial charge < -0.3 is 63.7 Å². The number of carbonyl (C=O) groups excluding carboxylic acids is 8. The summed E-state index contributed by atoms with van der Waals surface area (Å²) in [5.41, 5.74) is 23.2. The fourth-order valence-electron chi connectivity index (χ4n) is 10.6. The van der Waals surface area contributed by atoms with Gasteiger partial charge in [-0.15, -0.1) is 0 Å². The second kappa shape index (κ2) is 28.9. The van der Waals surface area contributed by atoms with Crippen molar-refractivity contribution in [2.45, 2.75) is 173 Å². The zero-order chi connectivity index (χ0) is 59.1. The number of nitrogens with one attached hydrogen (secondary N) is 4. The fraction of sp³-hybridized carbons (Fsp3) is 0.655. The fourth-order valence-corrected chi connectivity index (χ4v) is 10.8. The number of nitrogens with zero attached hydrogens (tertiary/aromatic N) is 5. The quantitative estimate of drug-likeness (QED) is 0.0242. The monoisotopic (exact) mass is 1120 g/mol. The summed E-state index contributed by atoms with van der Waals surface area (Å²) in [4.78, 5) is 142. The number of benzene rings is 1. The Balaban J connectivity index is 1.68. The minimum absolute atomic E-state index is 0.000396. The van der Waals surface area contributed by atoms with Gasteiger partial charge in [0.15, 0.2) is 23.5 Å². The lowest BCUT2D eigenvalue weighted by molar-refractivity contribution is -0.149. The molecular weight excluding hydrogens is 1030 g/mol. The molecule has 0 unspecified atom stereocenters. The Kier molecular flexibility index (Phi) is 23.7. The van der Waals surface area contributed by atoms with Crippen LogP contribution < -0.4 is 38.9 Å². The number of aliphatic carboxylic acids is 1. The van der Waals surface area contributed by atoms with E-state index < -0.39 is 111 Å². The van der Waals surface area contributed by atoms with Crippen molar-refractivity contribution < 1.29 is 48.3 Å². The smallest absolute Gasteiger partial charge is 0.306 e. The molecule has 79 heavy (non-hydrogen) atoms. The number of likely N-dealkylation sites (N-methyl/N-ethyl adjacent to an activating group) is 1. The van der Waals surface area contributed by atoms with Crippen LogP contribution in [0.25, 0.3) is 10.9 Å². The molecule has 2 saturated heterocycles. The number of H-pyrrole nitrogens is 1. The molecule has 2 aliphatic heterocycles. The first kappa shape index (κ1) is 64.8. The number of rotatable bonds is 29. The van der Waals surface area contributed by atoms with Crippen LogP contribution in [0.3, 0.4) is 0 Å². The highest BCUT2D eigenvalue weighted by Gasteiger charge is 2.45.